The molecule has 0 amide bonds. The first-order valence-corrected chi connectivity index (χ1v) is 4.76. The van der Waals surface area contributed by atoms with Crippen molar-refractivity contribution in [2.24, 2.45) is 10.7 Å². The van der Waals surface area contributed by atoms with E-state index in [9.17, 15) is 0 Å². The van der Waals surface area contributed by atoms with Crippen LogP contribution in [0.15, 0.2) is 29.3 Å². The number of aliphatic imine (C=N–C) groups is 1. The molecule has 1 rings (SSSR count). The average molecular weight is 213 g/mol. The van der Waals surface area contributed by atoms with Crippen LogP contribution in [0.1, 0.15) is 5.56 Å². The molecule has 2 N–H and O–H groups in total. The van der Waals surface area contributed by atoms with Gasteiger partial charge in [0.25, 0.3) is 0 Å². The molecule has 0 heterocycles. The lowest BCUT2D eigenvalue weighted by Gasteiger charge is -2.01. The molecule has 0 bridgehead atoms. The van der Waals surface area contributed by atoms with Crippen LogP contribution in [0.25, 0.3) is 0 Å². The molecule has 0 radical (unpaired) electrons. The summed E-state index contributed by atoms with van der Waals surface area (Å²) in [7, 11) is 1.66. The topological polar surface area (TPSA) is 47.6 Å². The second kappa shape index (κ2) is 5.62. The summed E-state index contributed by atoms with van der Waals surface area (Å²) in [5, 5.41) is 0. The van der Waals surface area contributed by atoms with Crippen LogP contribution in [0, 0.1) is 0 Å². The number of amidine groups is 1. The Hall–Kier alpha value is -1.06. The standard InChI is InChI=1S/C10H13ClN2O/c1-14-7-8-3-2-4-9(5-8)13-10(12)6-11/h2-5H,6-7H2,1H3,(H2,12,13). The predicted octanol–water partition coefficient (Wildman–Crippen LogP) is 2.06. The molecular weight excluding hydrogens is 200 g/mol. The number of nitrogens with two attached hydrogens (primary N) is 1. The number of nitrogens with zero attached hydrogens (tertiary/aromatic N) is 1. The summed E-state index contributed by atoms with van der Waals surface area (Å²) in [6, 6.07) is 7.68. The van der Waals surface area contributed by atoms with Gasteiger partial charge in [-0.3, -0.25) is 0 Å². The van der Waals surface area contributed by atoms with Crippen LogP contribution in [-0.4, -0.2) is 18.8 Å². The van der Waals surface area contributed by atoms with E-state index in [0.29, 0.717) is 12.4 Å². The Bertz CT molecular complexity index is 326. The number of alkyl halides is 1. The van der Waals surface area contributed by atoms with E-state index in [1.807, 2.05) is 24.3 Å². The van der Waals surface area contributed by atoms with Gasteiger partial charge in [-0.2, -0.15) is 0 Å². The van der Waals surface area contributed by atoms with Gasteiger partial charge in [-0.15, -0.1) is 11.6 Å². The van der Waals surface area contributed by atoms with E-state index in [0.717, 1.165) is 11.3 Å². The number of methoxy groups -OCH3 is 1. The lowest BCUT2D eigenvalue weighted by molar-refractivity contribution is 0.185. The van der Waals surface area contributed by atoms with Crippen LogP contribution in [0.2, 0.25) is 0 Å². The van der Waals surface area contributed by atoms with Crippen molar-refractivity contribution in [2.45, 2.75) is 6.61 Å². The van der Waals surface area contributed by atoms with Gasteiger partial charge in [0.15, 0.2) is 0 Å². The molecule has 0 aliphatic carbocycles. The van der Waals surface area contributed by atoms with E-state index < -0.39 is 0 Å². The van der Waals surface area contributed by atoms with Gasteiger partial charge in [0.05, 0.1) is 18.2 Å². The first-order valence-electron chi connectivity index (χ1n) is 4.23. The zero-order valence-electron chi connectivity index (χ0n) is 8.03. The number of hydrogen-bond donors (Lipinski definition) is 1. The molecule has 1 aromatic rings. The summed E-state index contributed by atoms with van der Waals surface area (Å²) in [6.07, 6.45) is 0. The molecule has 3 nitrogen and oxygen atoms in total. The largest absolute Gasteiger partial charge is 0.386 e. The van der Waals surface area contributed by atoms with Gasteiger partial charge >= 0.3 is 0 Å². The van der Waals surface area contributed by atoms with Crippen LogP contribution in [0.5, 0.6) is 0 Å². The SMILES string of the molecule is COCc1cccc(N=C(N)CCl)c1. The van der Waals surface area contributed by atoms with E-state index in [4.69, 9.17) is 22.1 Å². The summed E-state index contributed by atoms with van der Waals surface area (Å²) in [5.74, 6) is 0.662. The van der Waals surface area contributed by atoms with Crippen molar-refractivity contribution >= 4 is 23.1 Å². The second-order valence-corrected chi connectivity index (χ2v) is 3.11. The summed E-state index contributed by atoms with van der Waals surface area (Å²) in [6.45, 7) is 0.574. The molecule has 14 heavy (non-hydrogen) atoms. The summed E-state index contributed by atoms with van der Waals surface area (Å²) >= 11 is 5.52. The quantitative estimate of drug-likeness (QED) is 0.472. The first-order chi connectivity index (χ1) is 6.76. The fraction of sp³-hybridized carbons (Fsp3) is 0.300. The Morgan fingerprint density at radius 2 is 2.36 bits per heavy atom. The highest BCUT2D eigenvalue weighted by Gasteiger charge is 1.95. The van der Waals surface area contributed by atoms with E-state index in [1.54, 1.807) is 7.11 Å². The number of benzene rings is 1. The summed E-state index contributed by atoms with van der Waals surface area (Å²) in [4.78, 5) is 4.13. The Morgan fingerprint density at radius 1 is 1.57 bits per heavy atom. The highest BCUT2D eigenvalue weighted by atomic mass is 35.5. The Labute approximate surface area is 88.5 Å². The van der Waals surface area contributed by atoms with Crippen LogP contribution in [0.3, 0.4) is 0 Å². The van der Waals surface area contributed by atoms with Gasteiger partial charge in [0.1, 0.15) is 5.84 Å². The molecule has 0 aliphatic heterocycles. The molecular formula is C10H13ClN2O. The van der Waals surface area contributed by atoms with Crippen molar-refractivity contribution in [1.29, 1.82) is 0 Å². The molecule has 0 spiro atoms. The predicted molar refractivity (Wildman–Crippen MR) is 59.2 cm³/mol. The zero-order chi connectivity index (χ0) is 10.4. The van der Waals surface area contributed by atoms with Gasteiger partial charge in [-0.25, -0.2) is 4.99 Å². The Morgan fingerprint density at radius 3 is 3.00 bits per heavy atom. The maximum atomic E-state index is 5.52. The lowest BCUT2D eigenvalue weighted by Crippen LogP contribution is -2.12. The zero-order valence-corrected chi connectivity index (χ0v) is 8.79. The van der Waals surface area contributed by atoms with Gasteiger partial charge < -0.3 is 10.5 Å². The van der Waals surface area contributed by atoms with Gasteiger partial charge in [-0.05, 0) is 17.7 Å². The molecule has 4 heteroatoms. The maximum absolute atomic E-state index is 5.52. The highest BCUT2D eigenvalue weighted by molar-refractivity contribution is 6.28. The van der Waals surface area contributed by atoms with Crippen molar-refractivity contribution in [2.75, 3.05) is 13.0 Å². The molecule has 0 unspecified atom stereocenters. The van der Waals surface area contributed by atoms with Gasteiger partial charge in [0.2, 0.25) is 0 Å². The van der Waals surface area contributed by atoms with Crippen LogP contribution < -0.4 is 5.73 Å². The van der Waals surface area contributed by atoms with Gasteiger partial charge in [0, 0.05) is 7.11 Å². The molecule has 0 saturated heterocycles. The molecule has 0 fully saturated rings. The molecule has 0 saturated carbocycles. The van der Waals surface area contributed by atoms with Gasteiger partial charge in [-0.1, -0.05) is 12.1 Å². The fourth-order valence-corrected chi connectivity index (χ4v) is 1.14. The number of hydrogen-bond acceptors (Lipinski definition) is 2. The Kier molecular flexibility index (Phi) is 4.43. The van der Waals surface area contributed by atoms with Crippen molar-refractivity contribution < 1.29 is 4.74 Å². The van der Waals surface area contributed by atoms with E-state index in [-0.39, 0.29) is 5.88 Å². The van der Waals surface area contributed by atoms with Crippen molar-refractivity contribution in [1.82, 2.24) is 0 Å². The summed E-state index contributed by atoms with van der Waals surface area (Å²) in [5.41, 5.74) is 7.39. The first kappa shape index (κ1) is 11.0. The number of ether oxygens (including phenoxy) is 1. The molecule has 0 atom stereocenters. The van der Waals surface area contributed by atoms with Crippen LogP contribution in [-0.2, 0) is 11.3 Å². The monoisotopic (exact) mass is 212 g/mol. The molecule has 0 aromatic heterocycles. The normalized spacial score (nSPS) is 11.7. The third-order valence-corrected chi connectivity index (χ3v) is 1.91. The smallest absolute Gasteiger partial charge is 0.115 e. The molecule has 0 aliphatic rings. The minimum atomic E-state index is 0.245. The van der Waals surface area contributed by atoms with Crippen molar-refractivity contribution in [3.8, 4) is 0 Å². The highest BCUT2D eigenvalue weighted by Crippen LogP contribution is 2.14. The number of halogens is 1. The third-order valence-electron chi connectivity index (χ3n) is 1.63. The van der Waals surface area contributed by atoms with Crippen molar-refractivity contribution in [3.63, 3.8) is 0 Å². The summed E-state index contributed by atoms with van der Waals surface area (Å²) < 4.78 is 5.01. The lowest BCUT2D eigenvalue weighted by atomic mass is 10.2. The minimum absolute atomic E-state index is 0.245. The van der Waals surface area contributed by atoms with Crippen molar-refractivity contribution in [3.05, 3.63) is 29.8 Å². The van der Waals surface area contributed by atoms with E-state index >= 15 is 0 Å². The molecule has 76 valence electrons. The van der Waals surface area contributed by atoms with Crippen LogP contribution in [0.4, 0.5) is 5.69 Å². The number of rotatable bonds is 4. The van der Waals surface area contributed by atoms with E-state index in [1.165, 1.54) is 0 Å². The third kappa shape index (κ3) is 3.36. The van der Waals surface area contributed by atoms with E-state index in [2.05, 4.69) is 4.99 Å². The minimum Gasteiger partial charge on any atom is -0.386 e. The fourth-order valence-electron chi connectivity index (χ4n) is 1.08. The molecule has 1 aromatic carbocycles. The second-order valence-electron chi connectivity index (χ2n) is 2.84. The average Bonchev–Trinajstić information content (AvgIpc) is 2.19. The maximum Gasteiger partial charge on any atom is 0.115 e. The van der Waals surface area contributed by atoms with Crippen LogP contribution >= 0.6 is 11.6 Å². The Balaban J connectivity index is 2.83.